The number of nitrogens with zero attached hydrogens (tertiary/aromatic N) is 1. The molecule has 1 aromatic heterocycles. The third-order valence-electron chi connectivity index (χ3n) is 2.61. The largest absolute Gasteiger partial charge is 0.383 e. The fourth-order valence-electron chi connectivity index (χ4n) is 1.52. The molecule has 0 amide bonds. The second-order valence-corrected chi connectivity index (χ2v) is 3.91. The zero-order chi connectivity index (χ0) is 11.0. The molecule has 4 nitrogen and oxygen atoms in total. The highest BCUT2D eigenvalue weighted by Gasteiger charge is 2.25. The van der Waals surface area contributed by atoms with Gasteiger partial charge in [-0.15, -0.1) is 0 Å². The van der Waals surface area contributed by atoms with E-state index in [-0.39, 0.29) is 17.3 Å². The first-order valence-corrected chi connectivity index (χ1v) is 4.95. The van der Waals surface area contributed by atoms with E-state index in [2.05, 4.69) is 4.98 Å². The van der Waals surface area contributed by atoms with Gasteiger partial charge in [-0.2, -0.15) is 0 Å². The zero-order valence-electron chi connectivity index (χ0n) is 8.58. The summed E-state index contributed by atoms with van der Waals surface area (Å²) in [4.78, 5) is 15.1. The Labute approximate surface area is 88.0 Å². The molecule has 1 aliphatic rings. The van der Waals surface area contributed by atoms with Crippen LogP contribution in [-0.2, 0) is 4.79 Å². The minimum Gasteiger partial charge on any atom is -0.383 e. The number of ketones is 1. The van der Waals surface area contributed by atoms with Gasteiger partial charge in [-0.25, -0.2) is 4.98 Å². The van der Waals surface area contributed by atoms with Crippen LogP contribution in [0.5, 0.6) is 0 Å². The van der Waals surface area contributed by atoms with E-state index in [1.54, 1.807) is 6.20 Å². The molecule has 0 spiro atoms. The minimum atomic E-state index is -0.281. The zero-order valence-corrected chi connectivity index (χ0v) is 8.58. The van der Waals surface area contributed by atoms with E-state index in [1.807, 2.05) is 6.07 Å². The lowest BCUT2D eigenvalue weighted by Gasteiger charge is -2.06. The summed E-state index contributed by atoms with van der Waals surface area (Å²) in [6, 6.07) is 1.82. The highest BCUT2D eigenvalue weighted by Crippen LogP contribution is 2.40. The van der Waals surface area contributed by atoms with Crippen molar-refractivity contribution in [1.29, 1.82) is 5.41 Å². The van der Waals surface area contributed by atoms with E-state index in [1.165, 1.54) is 19.8 Å². The van der Waals surface area contributed by atoms with E-state index in [0.717, 1.165) is 5.56 Å². The first-order chi connectivity index (χ1) is 7.09. The summed E-state index contributed by atoms with van der Waals surface area (Å²) in [6.45, 7) is 1.37. The van der Waals surface area contributed by atoms with Crippen molar-refractivity contribution in [3.63, 3.8) is 0 Å². The van der Waals surface area contributed by atoms with Crippen LogP contribution in [0.25, 0.3) is 0 Å². The van der Waals surface area contributed by atoms with Crippen LogP contribution in [0.1, 0.15) is 36.8 Å². The van der Waals surface area contributed by atoms with Crippen LogP contribution in [-0.4, -0.2) is 16.5 Å². The van der Waals surface area contributed by atoms with E-state index in [9.17, 15) is 4.79 Å². The Balaban J connectivity index is 2.40. The van der Waals surface area contributed by atoms with Crippen LogP contribution in [0.4, 0.5) is 5.82 Å². The fourth-order valence-corrected chi connectivity index (χ4v) is 1.52. The van der Waals surface area contributed by atoms with Crippen LogP contribution in [0, 0.1) is 5.41 Å². The second kappa shape index (κ2) is 3.46. The lowest BCUT2D eigenvalue weighted by Crippen LogP contribution is -2.13. The molecule has 15 heavy (non-hydrogen) atoms. The van der Waals surface area contributed by atoms with Gasteiger partial charge in [0, 0.05) is 18.7 Å². The van der Waals surface area contributed by atoms with Gasteiger partial charge in [0.15, 0.2) is 5.78 Å². The van der Waals surface area contributed by atoms with Gasteiger partial charge in [0.2, 0.25) is 0 Å². The van der Waals surface area contributed by atoms with Gasteiger partial charge in [-0.3, -0.25) is 10.2 Å². The summed E-state index contributed by atoms with van der Waals surface area (Å²) in [5, 5.41) is 7.61. The van der Waals surface area contributed by atoms with Crippen molar-refractivity contribution in [2.75, 3.05) is 5.73 Å². The first kappa shape index (κ1) is 9.83. The monoisotopic (exact) mass is 203 g/mol. The lowest BCUT2D eigenvalue weighted by molar-refractivity contribution is -0.111. The third-order valence-corrected chi connectivity index (χ3v) is 2.61. The Hall–Kier alpha value is -1.71. The molecule has 1 saturated carbocycles. The molecule has 0 aromatic carbocycles. The van der Waals surface area contributed by atoms with E-state index in [0.29, 0.717) is 11.5 Å². The molecule has 0 atom stereocenters. The smallest absolute Gasteiger partial charge is 0.178 e. The number of pyridine rings is 1. The van der Waals surface area contributed by atoms with Crippen LogP contribution in [0.2, 0.25) is 0 Å². The Morgan fingerprint density at radius 3 is 2.80 bits per heavy atom. The molecule has 4 heteroatoms. The number of carbonyl (C=O) groups is 1. The standard InChI is InChI=1S/C11H13N3O/c1-6(15)10(12)9-4-8(7-2-3-7)5-14-11(9)13/h4-5,7,12H,2-3H2,1H3,(H2,13,14). The van der Waals surface area contributed by atoms with Crippen molar-refractivity contribution in [3.8, 4) is 0 Å². The number of anilines is 1. The highest BCUT2D eigenvalue weighted by molar-refractivity contribution is 6.45. The predicted molar refractivity (Wildman–Crippen MR) is 58.1 cm³/mol. The van der Waals surface area contributed by atoms with Crippen molar-refractivity contribution in [2.24, 2.45) is 0 Å². The lowest BCUT2D eigenvalue weighted by atomic mass is 10.0. The number of rotatable bonds is 3. The molecule has 0 aliphatic heterocycles. The minimum absolute atomic E-state index is 0.0532. The predicted octanol–water partition coefficient (Wildman–Crippen LogP) is 1.50. The van der Waals surface area contributed by atoms with Crippen molar-refractivity contribution < 1.29 is 4.79 Å². The van der Waals surface area contributed by atoms with E-state index < -0.39 is 0 Å². The summed E-state index contributed by atoms with van der Waals surface area (Å²) in [5.74, 6) is 0.535. The van der Waals surface area contributed by atoms with Crippen LogP contribution in [0.15, 0.2) is 12.3 Å². The molecule has 1 aromatic rings. The van der Waals surface area contributed by atoms with Gasteiger partial charge in [0.05, 0.1) is 0 Å². The van der Waals surface area contributed by atoms with Crippen LogP contribution in [0.3, 0.4) is 0 Å². The Bertz CT molecular complexity index is 435. The maximum atomic E-state index is 11.1. The number of carbonyl (C=O) groups excluding carboxylic acids is 1. The number of nitrogen functional groups attached to an aromatic ring is 1. The number of aromatic nitrogens is 1. The molecule has 1 aliphatic carbocycles. The summed E-state index contributed by atoms with van der Waals surface area (Å²) in [7, 11) is 0. The van der Waals surface area contributed by atoms with E-state index >= 15 is 0 Å². The fraction of sp³-hybridized carbons (Fsp3) is 0.364. The Morgan fingerprint density at radius 1 is 1.60 bits per heavy atom. The van der Waals surface area contributed by atoms with E-state index in [4.69, 9.17) is 11.1 Å². The molecule has 1 fully saturated rings. The second-order valence-electron chi connectivity index (χ2n) is 3.91. The van der Waals surface area contributed by atoms with Gasteiger partial charge in [-0.05, 0) is 30.4 Å². The molecule has 0 saturated heterocycles. The summed E-state index contributed by atoms with van der Waals surface area (Å²) in [5.41, 5.74) is 7.14. The normalized spacial score (nSPS) is 15.0. The molecule has 0 bridgehead atoms. The van der Waals surface area contributed by atoms with Crippen molar-refractivity contribution in [3.05, 3.63) is 23.4 Å². The SMILES string of the molecule is CC(=O)C(=N)c1cc(C2CC2)cnc1N. The van der Waals surface area contributed by atoms with Gasteiger partial charge >= 0.3 is 0 Å². The average Bonchev–Trinajstić information content (AvgIpc) is 3.01. The van der Waals surface area contributed by atoms with Gasteiger partial charge in [0.25, 0.3) is 0 Å². The maximum Gasteiger partial charge on any atom is 0.178 e. The molecular weight excluding hydrogens is 190 g/mol. The summed E-state index contributed by atoms with van der Waals surface area (Å²) < 4.78 is 0. The molecular formula is C11H13N3O. The van der Waals surface area contributed by atoms with Gasteiger partial charge in [0.1, 0.15) is 11.5 Å². The topological polar surface area (TPSA) is 79.8 Å². The first-order valence-electron chi connectivity index (χ1n) is 4.95. The molecule has 3 N–H and O–H groups in total. The number of hydrogen-bond acceptors (Lipinski definition) is 4. The maximum absolute atomic E-state index is 11.1. The van der Waals surface area contributed by atoms with Crippen LogP contribution >= 0.6 is 0 Å². The van der Waals surface area contributed by atoms with Crippen molar-refractivity contribution in [1.82, 2.24) is 4.98 Å². The van der Waals surface area contributed by atoms with Gasteiger partial charge < -0.3 is 5.73 Å². The molecule has 2 rings (SSSR count). The Kier molecular flexibility index (Phi) is 2.26. The molecule has 78 valence electrons. The van der Waals surface area contributed by atoms with Crippen molar-refractivity contribution in [2.45, 2.75) is 25.7 Å². The number of hydrogen-bond donors (Lipinski definition) is 2. The highest BCUT2D eigenvalue weighted by atomic mass is 16.1. The number of Topliss-reactive ketones (excluding diaryl/α,β-unsaturated/α-hetero) is 1. The summed E-state index contributed by atoms with van der Waals surface area (Å²) >= 11 is 0. The number of nitrogens with one attached hydrogen (secondary N) is 1. The third kappa shape index (κ3) is 1.88. The molecule has 1 heterocycles. The van der Waals surface area contributed by atoms with Crippen molar-refractivity contribution >= 4 is 17.3 Å². The molecule has 0 radical (unpaired) electrons. The quantitative estimate of drug-likeness (QED) is 0.730. The Morgan fingerprint density at radius 2 is 2.27 bits per heavy atom. The van der Waals surface area contributed by atoms with Gasteiger partial charge in [-0.1, -0.05) is 0 Å². The molecule has 0 unspecified atom stereocenters. The average molecular weight is 203 g/mol. The number of nitrogens with two attached hydrogens (primary N) is 1. The summed E-state index contributed by atoms with van der Waals surface area (Å²) in [6.07, 6.45) is 4.07. The van der Waals surface area contributed by atoms with Crippen LogP contribution < -0.4 is 5.73 Å².